The Labute approximate surface area is 124 Å². The zero-order chi connectivity index (χ0) is 15.0. The van der Waals surface area contributed by atoms with Crippen molar-refractivity contribution < 1.29 is 5.11 Å². The Morgan fingerprint density at radius 3 is 2.05 bits per heavy atom. The van der Waals surface area contributed by atoms with Crippen LogP contribution in [0.2, 0.25) is 18.1 Å². The highest BCUT2D eigenvalue weighted by atomic mass is 28.3. The van der Waals surface area contributed by atoms with Crippen molar-refractivity contribution in [2.45, 2.75) is 52.4 Å². The Kier molecular flexibility index (Phi) is 7.03. The van der Waals surface area contributed by atoms with Crippen molar-refractivity contribution in [2.75, 3.05) is 6.61 Å². The SMILES string of the molecule is CC[Si](CC)(CC)/C(C)=C(\CO)NCc1ccccc1. The van der Waals surface area contributed by atoms with Gasteiger partial charge in [-0.15, -0.1) is 0 Å². The molecule has 1 aromatic carbocycles. The normalized spacial score (nSPS) is 13.1. The van der Waals surface area contributed by atoms with Gasteiger partial charge in [-0.3, -0.25) is 0 Å². The van der Waals surface area contributed by atoms with Crippen LogP contribution in [0.25, 0.3) is 0 Å². The van der Waals surface area contributed by atoms with Crippen molar-refractivity contribution in [3.8, 4) is 0 Å². The number of nitrogens with one attached hydrogen (secondary N) is 1. The first-order valence-corrected chi connectivity index (χ1v) is 10.3. The standard InChI is InChI=1S/C17H29NOSi/c1-5-20(6-2,7-3)15(4)17(14-19)18-13-16-11-9-8-10-12-16/h8-12,18-19H,5-7,13-14H2,1-4H3/b17-15+. The molecule has 0 atom stereocenters. The Morgan fingerprint density at radius 1 is 1.05 bits per heavy atom. The first-order valence-electron chi connectivity index (χ1n) is 7.72. The molecule has 0 aliphatic carbocycles. The molecule has 0 saturated heterocycles. The molecule has 0 saturated carbocycles. The van der Waals surface area contributed by atoms with E-state index in [9.17, 15) is 5.11 Å². The van der Waals surface area contributed by atoms with E-state index in [2.05, 4.69) is 57.3 Å². The molecule has 0 bridgehead atoms. The molecule has 0 aromatic heterocycles. The van der Waals surface area contributed by atoms with Gasteiger partial charge in [-0.25, -0.2) is 0 Å². The fourth-order valence-corrected chi connectivity index (χ4v) is 6.88. The summed E-state index contributed by atoms with van der Waals surface area (Å²) in [7, 11) is -1.39. The van der Waals surface area contributed by atoms with Crippen LogP contribution in [0.4, 0.5) is 0 Å². The number of allylic oxidation sites excluding steroid dienone is 1. The third kappa shape index (κ3) is 3.97. The van der Waals surface area contributed by atoms with Crippen molar-refractivity contribution in [3.63, 3.8) is 0 Å². The molecule has 2 N–H and O–H groups in total. The quantitative estimate of drug-likeness (QED) is 0.707. The molecule has 0 heterocycles. The average molecular weight is 292 g/mol. The molecular formula is C17H29NOSi. The van der Waals surface area contributed by atoms with Gasteiger partial charge in [0.05, 0.1) is 14.7 Å². The van der Waals surface area contributed by atoms with Crippen LogP contribution in [0, 0.1) is 0 Å². The van der Waals surface area contributed by atoms with Crippen molar-refractivity contribution in [3.05, 3.63) is 46.8 Å². The van der Waals surface area contributed by atoms with E-state index in [4.69, 9.17) is 0 Å². The zero-order valence-electron chi connectivity index (χ0n) is 13.4. The summed E-state index contributed by atoms with van der Waals surface area (Å²) in [5.41, 5.74) is 2.30. The predicted molar refractivity (Wildman–Crippen MR) is 90.3 cm³/mol. The monoisotopic (exact) mass is 291 g/mol. The minimum atomic E-state index is -1.39. The molecule has 3 heteroatoms. The Morgan fingerprint density at radius 2 is 1.60 bits per heavy atom. The van der Waals surface area contributed by atoms with Crippen LogP contribution in [-0.4, -0.2) is 19.8 Å². The van der Waals surface area contributed by atoms with Gasteiger partial charge in [0.25, 0.3) is 0 Å². The smallest absolute Gasteiger partial charge is 0.0827 e. The first-order chi connectivity index (χ1) is 9.63. The van der Waals surface area contributed by atoms with Gasteiger partial charge >= 0.3 is 0 Å². The van der Waals surface area contributed by atoms with E-state index in [-0.39, 0.29) is 6.61 Å². The lowest BCUT2D eigenvalue weighted by Crippen LogP contribution is -2.37. The molecule has 0 aliphatic heterocycles. The van der Waals surface area contributed by atoms with E-state index in [0.717, 1.165) is 12.2 Å². The van der Waals surface area contributed by atoms with Gasteiger partial charge in [-0.1, -0.05) is 74.4 Å². The van der Waals surface area contributed by atoms with Crippen LogP contribution in [0.15, 0.2) is 41.2 Å². The van der Waals surface area contributed by atoms with Crippen molar-refractivity contribution in [1.82, 2.24) is 5.32 Å². The van der Waals surface area contributed by atoms with Crippen molar-refractivity contribution >= 4 is 8.07 Å². The maximum absolute atomic E-state index is 9.73. The van der Waals surface area contributed by atoms with Gasteiger partial charge in [0.1, 0.15) is 0 Å². The summed E-state index contributed by atoms with van der Waals surface area (Å²) in [6.45, 7) is 10.0. The summed E-state index contributed by atoms with van der Waals surface area (Å²) in [6, 6.07) is 14.1. The van der Waals surface area contributed by atoms with Gasteiger partial charge in [-0.2, -0.15) is 0 Å². The highest BCUT2D eigenvalue weighted by molar-refractivity contribution is 6.86. The average Bonchev–Trinajstić information content (AvgIpc) is 2.51. The Bertz CT molecular complexity index is 416. The van der Waals surface area contributed by atoms with Gasteiger partial charge in [-0.05, 0) is 12.5 Å². The molecule has 1 aromatic rings. The van der Waals surface area contributed by atoms with Crippen molar-refractivity contribution in [2.24, 2.45) is 0 Å². The highest BCUT2D eigenvalue weighted by Crippen LogP contribution is 2.29. The largest absolute Gasteiger partial charge is 0.390 e. The maximum atomic E-state index is 9.73. The zero-order valence-corrected chi connectivity index (χ0v) is 14.4. The van der Waals surface area contributed by atoms with E-state index in [0.29, 0.717) is 0 Å². The highest BCUT2D eigenvalue weighted by Gasteiger charge is 2.30. The minimum absolute atomic E-state index is 0.118. The minimum Gasteiger partial charge on any atom is -0.390 e. The van der Waals surface area contributed by atoms with Gasteiger partial charge in [0.15, 0.2) is 0 Å². The van der Waals surface area contributed by atoms with Crippen LogP contribution >= 0.6 is 0 Å². The summed E-state index contributed by atoms with van der Waals surface area (Å²) in [6.07, 6.45) is 0. The van der Waals surface area contributed by atoms with E-state index >= 15 is 0 Å². The molecule has 0 aliphatic rings. The van der Waals surface area contributed by atoms with E-state index in [1.165, 1.54) is 28.9 Å². The number of hydrogen-bond acceptors (Lipinski definition) is 2. The number of benzene rings is 1. The fourth-order valence-electron chi connectivity index (χ4n) is 2.98. The molecule has 0 fully saturated rings. The number of rotatable bonds is 8. The molecule has 112 valence electrons. The number of hydrogen-bond donors (Lipinski definition) is 2. The second-order valence-corrected chi connectivity index (χ2v) is 10.9. The Balaban J connectivity index is 2.89. The fraction of sp³-hybridized carbons (Fsp3) is 0.529. The topological polar surface area (TPSA) is 32.3 Å². The summed E-state index contributed by atoms with van der Waals surface area (Å²) in [5.74, 6) is 0. The Hall–Kier alpha value is -1.06. The number of aliphatic hydroxyl groups excluding tert-OH is 1. The summed E-state index contributed by atoms with van der Waals surface area (Å²) in [4.78, 5) is 0. The third-order valence-corrected chi connectivity index (χ3v) is 10.7. The van der Waals surface area contributed by atoms with Crippen LogP contribution in [-0.2, 0) is 6.54 Å². The lowest BCUT2D eigenvalue weighted by atomic mass is 10.2. The van der Waals surface area contributed by atoms with E-state index in [1.807, 2.05) is 6.07 Å². The van der Waals surface area contributed by atoms with Gasteiger partial charge in [0.2, 0.25) is 0 Å². The third-order valence-electron chi connectivity index (χ3n) is 4.79. The maximum Gasteiger partial charge on any atom is 0.0827 e. The molecule has 1 rings (SSSR count). The lowest BCUT2D eigenvalue weighted by Gasteiger charge is -2.31. The molecule has 2 nitrogen and oxygen atoms in total. The van der Waals surface area contributed by atoms with Crippen LogP contribution in [0.3, 0.4) is 0 Å². The van der Waals surface area contributed by atoms with Crippen LogP contribution in [0.1, 0.15) is 33.3 Å². The van der Waals surface area contributed by atoms with E-state index in [1.54, 1.807) is 0 Å². The van der Waals surface area contributed by atoms with Crippen LogP contribution in [0.5, 0.6) is 0 Å². The van der Waals surface area contributed by atoms with Crippen LogP contribution < -0.4 is 5.32 Å². The summed E-state index contributed by atoms with van der Waals surface area (Å²) in [5, 5.41) is 14.6. The molecule has 20 heavy (non-hydrogen) atoms. The molecule has 0 radical (unpaired) electrons. The number of aliphatic hydroxyl groups is 1. The van der Waals surface area contributed by atoms with Gasteiger partial charge in [0, 0.05) is 12.2 Å². The van der Waals surface area contributed by atoms with E-state index < -0.39 is 8.07 Å². The molecular weight excluding hydrogens is 262 g/mol. The van der Waals surface area contributed by atoms with Crippen molar-refractivity contribution in [1.29, 1.82) is 0 Å². The predicted octanol–water partition coefficient (Wildman–Crippen LogP) is 4.09. The first kappa shape index (κ1) is 17.0. The summed E-state index contributed by atoms with van der Waals surface area (Å²) >= 11 is 0. The summed E-state index contributed by atoms with van der Waals surface area (Å²) < 4.78 is 0. The lowest BCUT2D eigenvalue weighted by molar-refractivity contribution is 0.320. The second-order valence-electron chi connectivity index (χ2n) is 5.44. The molecule has 0 unspecified atom stereocenters. The van der Waals surface area contributed by atoms with Gasteiger partial charge < -0.3 is 10.4 Å². The molecule has 0 spiro atoms. The molecule has 0 amide bonds. The second kappa shape index (κ2) is 8.27.